The minimum atomic E-state index is 0.0449. The molecule has 2 aliphatic rings. The second-order valence-electron chi connectivity index (χ2n) is 9.29. The number of para-hydroxylation sites is 1. The second-order valence-corrected chi connectivity index (χ2v) is 9.29. The quantitative estimate of drug-likeness (QED) is 0.587. The summed E-state index contributed by atoms with van der Waals surface area (Å²) in [5, 5.41) is 0.672. The molecule has 2 aliphatic heterocycles. The number of anilines is 3. The molecule has 0 atom stereocenters. The second kappa shape index (κ2) is 6.65. The van der Waals surface area contributed by atoms with E-state index in [9.17, 15) is 4.79 Å². The van der Waals surface area contributed by atoms with E-state index in [-0.39, 0.29) is 5.43 Å². The summed E-state index contributed by atoms with van der Waals surface area (Å²) in [5.74, 6) is 0.704. The topological polar surface area (TPSA) is 36.7 Å². The van der Waals surface area contributed by atoms with E-state index in [1.807, 2.05) is 13.0 Å². The molecule has 4 nitrogen and oxygen atoms in total. The van der Waals surface area contributed by atoms with Crippen molar-refractivity contribution in [3.8, 4) is 0 Å². The van der Waals surface area contributed by atoms with Crippen LogP contribution in [0.1, 0.15) is 37.8 Å². The molecule has 0 bridgehead atoms. The molecule has 1 aromatic heterocycles. The largest absolute Gasteiger partial charge is 0.438 e. The van der Waals surface area contributed by atoms with Crippen molar-refractivity contribution in [2.75, 3.05) is 29.4 Å². The molecule has 0 saturated carbocycles. The Balaban J connectivity index is 1.63. The molecular weight excluding hydrogens is 360 g/mol. The molecule has 4 heteroatoms. The van der Waals surface area contributed by atoms with Crippen molar-refractivity contribution in [2.45, 2.75) is 40.0 Å². The first kappa shape index (κ1) is 18.3. The van der Waals surface area contributed by atoms with Gasteiger partial charge in [0.1, 0.15) is 0 Å². The molecule has 0 unspecified atom stereocenters. The zero-order valence-corrected chi connectivity index (χ0v) is 17.5. The summed E-state index contributed by atoms with van der Waals surface area (Å²) in [6.07, 6.45) is 3.22. The molecule has 150 valence electrons. The fourth-order valence-electron chi connectivity index (χ4n) is 4.65. The van der Waals surface area contributed by atoms with Gasteiger partial charge in [-0.15, -0.1) is 0 Å². The Morgan fingerprint density at radius 2 is 1.72 bits per heavy atom. The molecule has 0 N–H and O–H groups in total. The Kier molecular flexibility index (Phi) is 4.19. The fraction of sp³-hybridized carbons (Fsp3) is 0.400. The molecule has 0 spiro atoms. The molecule has 29 heavy (non-hydrogen) atoms. The lowest BCUT2D eigenvalue weighted by Crippen LogP contribution is -2.37. The molecule has 0 amide bonds. The smallest absolute Gasteiger partial charge is 0.200 e. The number of aryl methyl sites for hydroxylation is 1. The van der Waals surface area contributed by atoms with E-state index in [1.54, 1.807) is 6.07 Å². The van der Waals surface area contributed by atoms with Crippen LogP contribution in [0.15, 0.2) is 51.7 Å². The van der Waals surface area contributed by atoms with E-state index in [4.69, 9.17) is 4.42 Å². The van der Waals surface area contributed by atoms with Crippen LogP contribution in [0.4, 0.5) is 17.3 Å². The molecule has 1 fully saturated rings. The van der Waals surface area contributed by atoms with E-state index in [0.29, 0.717) is 22.3 Å². The van der Waals surface area contributed by atoms with Crippen LogP contribution < -0.4 is 15.2 Å². The fourth-order valence-corrected chi connectivity index (χ4v) is 4.65. The number of rotatable bonds is 2. The number of fused-ring (bicyclic) bond motifs is 2. The molecule has 0 aliphatic carbocycles. The number of hydrogen-bond acceptors (Lipinski definition) is 4. The third-order valence-electron chi connectivity index (χ3n) is 6.55. The summed E-state index contributed by atoms with van der Waals surface area (Å²) in [6.45, 7) is 9.43. The highest BCUT2D eigenvalue weighted by atomic mass is 16.4. The Morgan fingerprint density at radius 3 is 2.52 bits per heavy atom. The van der Waals surface area contributed by atoms with Crippen molar-refractivity contribution in [1.29, 1.82) is 0 Å². The third-order valence-corrected chi connectivity index (χ3v) is 6.55. The first-order chi connectivity index (χ1) is 13.9. The minimum absolute atomic E-state index is 0.0449. The Labute approximate surface area is 171 Å². The first-order valence-electron chi connectivity index (χ1n) is 10.6. The van der Waals surface area contributed by atoms with Crippen LogP contribution in [0.3, 0.4) is 0 Å². The van der Waals surface area contributed by atoms with E-state index in [0.717, 1.165) is 50.1 Å². The molecule has 3 heterocycles. The van der Waals surface area contributed by atoms with Crippen molar-refractivity contribution in [3.63, 3.8) is 0 Å². The minimum Gasteiger partial charge on any atom is -0.438 e. The summed E-state index contributed by atoms with van der Waals surface area (Å²) < 4.78 is 6.45. The van der Waals surface area contributed by atoms with Crippen LogP contribution in [0, 0.1) is 12.3 Å². The van der Waals surface area contributed by atoms with Crippen LogP contribution >= 0.6 is 0 Å². The lowest BCUT2D eigenvalue weighted by molar-refractivity contribution is 0.274. The lowest BCUT2D eigenvalue weighted by Gasteiger charge is -2.37. The predicted molar refractivity (Wildman–Crippen MR) is 120 cm³/mol. The average molecular weight is 389 g/mol. The van der Waals surface area contributed by atoms with Gasteiger partial charge in [0.25, 0.3) is 0 Å². The summed E-state index contributed by atoms with van der Waals surface area (Å²) in [5.41, 5.74) is 5.75. The van der Waals surface area contributed by atoms with Crippen molar-refractivity contribution in [2.24, 2.45) is 5.41 Å². The maximum Gasteiger partial charge on any atom is 0.200 e. The lowest BCUT2D eigenvalue weighted by atomic mass is 9.83. The third kappa shape index (κ3) is 3.21. The van der Waals surface area contributed by atoms with Gasteiger partial charge < -0.3 is 14.2 Å². The molecule has 3 aromatic rings. The van der Waals surface area contributed by atoms with Crippen LogP contribution in [-0.4, -0.2) is 19.6 Å². The van der Waals surface area contributed by atoms with E-state index in [2.05, 4.69) is 54.0 Å². The van der Waals surface area contributed by atoms with Crippen molar-refractivity contribution in [1.82, 2.24) is 0 Å². The summed E-state index contributed by atoms with van der Waals surface area (Å²) >= 11 is 0. The first-order valence-corrected chi connectivity index (χ1v) is 10.6. The van der Waals surface area contributed by atoms with Crippen LogP contribution in [-0.2, 0) is 6.42 Å². The monoisotopic (exact) mass is 388 g/mol. The average Bonchev–Trinajstić information content (AvgIpc) is 3.12. The van der Waals surface area contributed by atoms with Crippen LogP contribution in [0.2, 0.25) is 0 Å². The molecule has 0 radical (unpaired) electrons. The van der Waals surface area contributed by atoms with Gasteiger partial charge in [-0.3, -0.25) is 4.79 Å². The van der Waals surface area contributed by atoms with Crippen molar-refractivity contribution < 1.29 is 4.42 Å². The highest BCUT2D eigenvalue weighted by Gasteiger charge is 2.28. The van der Waals surface area contributed by atoms with Gasteiger partial charge in [0.15, 0.2) is 16.9 Å². The summed E-state index contributed by atoms with van der Waals surface area (Å²) in [4.78, 5) is 17.6. The zero-order valence-electron chi connectivity index (χ0n) is 17.5. The Bertz CT molecular complexity index is 1140. The normalized spacial score (nSPS) is 18.3. The highest BCUT2D eigenvalue weighted by molar-refractivity contribution is 5.93. The van der Waals surface area contributed by atoms with Gasteiger partial charge in [0.05, 0.1) is 11.1 Å². The van der Waals surface area contributed by atoms with E-state index < -0.39 is 0 Å². The van der Waals surface area contributed by atoms with Gasteiger partial charge >= 0.3 is 0 Å². The number of nitrogens with zero attached hydrogens (tertiary/aromatic N) is 2. The standard InChI is InChI=1S/C25H28N2O2/c1-17-14-19-22(28)16-23(26-12-9-25(2,3)10-13-26)29-24(19)21(15-17)27-11-8-18-6-4-5-7-20(18)27/h4-7,14-16H,8-13H2,1-3H3. The summed E-state index contributed by atoms with van der Waals surface area (Å²) in [7, 11) is 0. The molecule has 5 rings (SSSR count). The molecular formula is C25H28N2O2. The molecule has 2 aromatic carbocycles. The molecule has 1 saturated heterocycles. The van der Waals surface area contributed by atoms with Crippen molar-refractivity contribution in [3.05, 3.63) is 63.8 Å². The number of benzene rings is 2. The maximum atomic E-state index is 13.0. The van der Waals surface area contributed by atoms with Crippen LogP contribution in [0.5, 0.6) is 0 Å². The number of piperidine rings is 1. The van der Waals surface area contributed by atoms with Gasteiger partial charge in [-0.1, -0.05) is 32.0 Å². The van der Waals surface area contributed by atoms with Gasteiger partial charge in [0, 0.05) is 31.4 Å². The highest BCUT2D eigenvalue weighted by Crippen LogP contribution is 2.40. The van der Waals surface area contributed by atoms with Gasteiger partial charge in [-0.05, 0) is 60.9 Å². The Morgan fingerprint density at radius 1 is 0.966 bits per heavy atom. The van der Waals surface area contributed by atoms with Crippen LogP contribution in [0.25, 0.3) is 11.0 Å². The van der Waals surface area contributed by atoms with Gasteiger partial charge in [-0.2, -0.15) is 0 Å². The predicted octanol–water partition coefficient (Wildman–Crippen LogP) is 5.42. The maximum absolute atomic E-state index is 13.0. The van der Waals surface area contributed by atoms with E-state index >= 15 is 0 Å². The van der Waals surface area contributed by atoms with Gasteiger partial charge in [0.2, 0.25) is 0 Å². The SMILES string of the molecule is Cc1cc(N2CCc3ccccc32)c2oc(N3CCC(C)(C)CC3)cc(=O)c2c1. The number of hydrogen-bond donors (Lipinski definition) is 0. The van der Waals surface area contributed by atoms with E-state index in [1.165, 1.54) is 11.3 Å². The Hall–Kier alpha value is -2.75. The van der Waals surface area contributed by atoms with Gasteiger partial charge in [-0.25, -0.2) is 0 Å². The van der Waals surface area contributed by atoms with Crippen molar-refractivity contribution >= 4 is 28.2 Å². The summed E-state index contributed by atoms with van der Waals surface area (Å²) in [6, 6.07) is 14.3. The zero-order chi connectivity index (χ0) is 20.2.